The number of carbonyl (C=O) groups is 2. The number of amides is 1. The molecule has 1 heterocycles. The van der Waals surface area contributed by atoms with Crippen molar-refractivity contribution in [2.24, 2.45) is 0 Å². The highest BCUT2D eigenvalue weighted by Gasteiger charge is 2.13. The lowest BCUT2D eigenvalue weighted by atomic mass is 10.1. The van der Waals surface area contributed by atoms with Crippen LogP contribution >= 0.6 is 0 Å². The number of hydrogen-bond acceptors (Lipinski definition) is 5. The Kier molecular flexibility index (Phi) is 4.94. The number of imidazole rings is 1. The van der Waals surface area contributed by atoms with Crippen LogP contribution in [0.5, 0.6) is 0 Å². The van der Waals surface area contributed by atoms with E-state index in [4.69, 9.17) is 0 Å². The molecule has 7 heteroatoms. The monoisotopic (exact) mass is 348 g/mol. The SMILES string of the molecule is COC(=O)c1cccc(CNC(=O)Cn2c(C#N)nc3ccccc32)c1. The fourth-order valence-corrected chi connectivity index (χ4v) is 2.65. The zero-order valence-electron chi connectivity index (χ0n) is 14.1. The molecule has 3 rings (SSSR count). The number of aromatic nitrogens is 2. The van der Waals surface area contributed by atoms with Gasteiger partial charge in [-0.25, -0.2) is 9.78 Å². The van der Waals surface area contributed by atoms with E-state index in [2.05, 4.69) is 15.0 Å². The summed E-state index contributed by atoms with van der Waals surface area (Å²) in [6.45, 7) is 0.248. The normalized spacial score (nSPS) is 10.3. The molecule has 1 aromatic heterocycles. The largest absolute Gasteiger partial charge is 0.465 e. The molecular formula is C19H16N4O3. The highest BCUT2D eigenvalue weighted by Crippen LogP contribution is 2.15. The van der Waals surface area contributed by atoms with Crippen LogP contribution in [0.2, 0.25) is 0 Å². The van der Waals surface area contributed by atoms with Gasteiger partial charge >= 0.3 is 5.97 Å². The third-order valence-electron chi connectivity index (χ3n) is 3.89. The van der Waals surface area contributed by atoms with Crippen molar-refractivity contribution < 1.29 is 14.3 Å². The molecule has 3 aromatic rings. The molecule has 1 N–H and O–H groups in total. The van der Waals surface area contributed by atoms with E-state index in [1.807, 2.05) is 24.3 Å². The number of nitrogens with zero attached hydrogens (tertiary/aromatic N) is 3. The van der Waals surface area contributed by atoms with Gasteiger partial charge in [0.25, 0.3) is 0 Å². The third-order valence-corrected chi connectivity index (χ3v) is 3.89. The van der Waals surface area contributed by atoms with Gasteiger partial charge in [0, 0.05) is 6.54 Å². The summed E-state index contributed by atoms with van der Waals surface area (Å²) in [4.78, 5) is 28.1. The van der Waals surface area contributed by atoms with Crippen LogP contribution in [0, 0.1) is 11.3 Å². The highest BCUT2D eigenvalue weighted by molar-refractivity contribution is 5.89. The summed E-state index contributed by atoms with van der Waals surface area (Å²) in [5.74, 6) is -0.496. The van der Waals surface area contributed by atoms with Crippen molar-refractivity contribution in [2.45, 2.75) is 13.1 Å². The van der Waals surface area contributed by atoms with Crippen molar-refractivity contribution in [1.29, 1.82) is 5.26 Å². The van der Waals surface area contributed by atoms with Crippen LogP contribution in [0.25, 0.3) is 11.0 Å². The van der Waals surface area contributed by atoms with E-state index in [1.165, 1.54) is 7.11 Å². The molecule has 0 spiro atoms. The molecule has 2 aromatic carbocycles. The summed E-state index contributed by atoms with van der Waals surface area (Å²) in [7, 11) is 1.32. The maximum Gasteiger partial charge on any atom is 0.337 e. The van der Waals surface area contributed by atoms with E-state index < -0.39 is 5.97 Å². The lowest BCUT2D eigenvalue weighted by Crippen LogP contribution is -2.27. The van der Waals surface area contributed by atoms with E-state index in [1.54, 1.807) is 34.9 Å². The first-order valence-electron chi connectivity index (χ1n) is 7.91. The number of nitrogens with one attached hydrogen (secondary N) is 1. The molecule has 0 atom stereocenters. The molecule has 1 amide bonds. The minimum Gasteiger partial charge on any atom is -0.465 e. The van der Waals surface area contributed by atoms with Gasteiger partial charge in [0.1, 0.15) is 12.6 Å². The molecule has 0 fully saturated rings. The highest BCUT2D eigenvalue weighted by atomic mass is 16.5. The smallest absolute Gasteiger partial charge is 0.337 e. The van der Waals surface area contributed by atoms with E-state index in [-0.39, 0.29) is 24.8 Å². The summed E-state index contributed by atoms with van der Waals surface area (Å²) in [6, 6.07) is 16.1. The summed E-state index contributed by atoms with van der Waals surface area (Å²) in [6.07, 6.45) is 0. The average Bonchev–Trinajstić information content (AvgIpc) is 3.03. The number of ether oxygens (including phenoxy) is 1. The summed E-state index contributed by atoms with van der Waals surface area (Å²) in [5, 5.41) is 12.0. The summed E-state index contributed by atoms with van der Waals surface area (Å²) in [5.41, 5.74) is 2.60. The Morgan fingerprint density at radius 2 is 2.04 bits per heavy atom. The second kappa shape index (κ2) is 7.49. The molecule has 0 aliphatic carbocycles. The van der Waals surface area contributed by atoms with Crippen LogP contribution in [0.4, 0.5) is 0 Å². The zero-order valence-corrected chi connectivity index (χ0v) is 14.1. The molecule has 7 nitrogen and oxygen atoms in total. The van der Waals surface area contributed by atoms with Gasteiger partial charge in [0.05, 0.1) is 23.7 Å². The van der Waals surface area contributed by atoms with E-state index >= 15 is 0 Å². The van der Waals surface area contributed by atoms with Crippen LogP contribution in [0.3, 0.4) is 0 Å². The van der Waals surface area contributed by atoms with Gasteiger partial charge in [-0.3, -0.25) is 4.79 Å². The number of hydrogen-bond donors (Lipinski definition) is 1. The predicted octanol–water partition coefficient (Wildman–Crippen LogP) is 2.01. The molecule has 0 radical (unpaired) electrons. The Bertz CT molecular complexity index is 1020. The molecule has 0 unspecified atom stereocenters. The topological polar surface area (TPSA) is 97.0 Å². The third kappa shape index (κ3) is 3.54. The lowest BCUT2D eigenvalue weighted by molar-refractivity contribution is -0.121. The Balaban J connectivity index is 1.71. The first-order chi connectivity index (χ1) is 12.6. The van der Waals surface area contributed by atoms with Crippen LogP contribution < -0.4 is 5.32 Å². The molecule has 130 valence electrons. The van der Waals surface area contributed by atoms with Crippen molar-refractivity contribution in [3.05, 3.63) is 65.5 Å². The maximum atomic E-state index is 12.3. The number of fused-ring (bicyclic) bond motifs is 1. The standard InChI is InChI=1S/C19H16N4O3/c1-26-19(25)14-6-4-5-13(9-14)11-21-18(24)12-23-16-8-3-2-7-15(16)22-17(23)10-20/h2-9H,11-12H2,1H3,(H,21,24). The Hall–Kier alpha value is -3.66. The van der Waals surface area contributed by atoms with Crippen molar-refractivity contribution >= 4 is 22.9 Å². The number of carbonyl (C=O) groups excluding carboxylic acids is 2. The van der Waals surface area contributed by atoms with Gasteiger partial charge in [0.15, 0.2) is 0 Å². The van der Waals surface area contributed by atoms with Crippen molar-refractivity contribution in [1.82, 2.24) is 14.9 Å². The average molecular weight is 348 g/mol. The minimum absolute atomic E-state index is 0.0138. The van der Waals surface area contributed by atoms with Gasteiger partial charge in [-0.1, -0.05) is 24.3 Å². The lowest BCUT2D eigenvalue weighted by Gasteiger charge is -2.08. The molecule has 0 aliphatic heterocycles. The number of methoxy groups -OCH3 is 1. The first kappa shape index (κ1) is 17.2. The number of esters is 1. The van der Waals surface area contributed by atoms with Gasteiger partial charge in [-0.15, -0.1) is 0 Å². The van der Waals surface area contributed by atoms with Crippen LogP contribution in [-0.4, -0.2) is 28.5 Å². The van der Waals surface area contributed by atoms with Gasteiger partial charge < -0.3 is 14.6 Å². The Morgan fingerprint density at radius 3 is 2.81 bits per heavy atom. The second-order valence-corrected chi connectivity index (χ2v) is 5.59. The minimum atomic E-state index is -0.429. The quantitative estimate of drug-likeness (QED) is 0.712. The summed E-state index contributed by atoms with van der Waals surface area (Å²) < 4.78 is 6.27. The number of para-hydroxylation sites is 2. The summed E-state index contributed by atoms with van der Waals surface area (Å²) >= 11 is 0. The van der Waals surface area contributed by atoms with Gasteiger partial charge in [0.2, 0.25) is 11.7 Å². The number of benzene rings is 2. The molecular weight excluding hydrogens is 332 g/mol. The molecule has 0 aliphatic rings. The molecule has 0 saturated heterocycles. The Labute approximate surface area is 149 Å². The number of nitriles is 1. The molecule has 0 bridgehead atoms. The maximum absolute atomic E-state index is 12.3. The van der Waals surface area contributed by atoms with Gasteiger partial charge in [-0.05, 0) is 29.8 Å². The van der Waals surface area contributed by atoms with E-state index in [0.29, 0.717) is 11.1 Å². The van der Waals surface area contributed by atoms with Crippen LogP contribution in [-0.2, 0) is 22.6 Å². The van der Waals surface area contributed by atoms with Crippen LogP contribution in [0.1, 0.15) is 21.7 Å². The van der Waals surface area contributed by atoms with Crippen molar-refractivity contribution in [3.63, 3.8) is 0 Å². The van der Waals surface area contributed by atoms with Crippen LogP contribution in [0.15, 0.2) is 48.5 Å². The van der Waals surface area contributed by atoms with Crippen molar-refractivity contribution in [3.8, 4) is 6.07 Å². The Morgan fingerprint density at radius 1 is 1.23 bits per heavy atom. The van der Waals surface area contributed by atoms with E-state index in [0.717, 1.165) is 11.1 Å². The predicted molar refractivity (Wildman–Crippen MR) is 94.1 cm³/mol. The zero-order chi connectivity index (χ0) is 18.5. The van der Waals surface area contributed by atoms with Gasteiger partial charge in [-0.2, -0.15) is 5.26 Å². The molecule has 26 heavy (non-hydrogen) atoms. The van der Waals surface area contributed by atoms with Crippen molar-refractivity contribution in [2.75, 3.05) is 7.11 Å². The number of rotatable bonds is 5. The fourth-order valence-electron chi connectivity index (χ4n) is 2.65. The molecule has 0 saturated carbocycles. The first-order valence-corrected chi connectivity index (χ1v) is 7.91. The fraction of sp³-hybridized carbons (Fsp3) is 0.158. The van der Waals surface area contributed by atoms with E-state index in [9.17, 15) is 14.9 Å². The second-order valence-electron chi connectivity index (χ2n) is 5.59.